The van der Waals surface area contributed by atoms with Crippen LogP contribution in [0.4, 0.5) is 16.3 Å². The summed E-state index contributed by atoms with van der Waals surface area (Å²) in [7, 11) is 0. The summed E-state index contributed by atoms with van der Waals surface area (Å²) in [5.41, 5.74) is 1.56. The van der Waals surface area contributed by atoms with Crippen molar-refractivity contribution in [3.63, 3.8) is 0 Å². The average molecular weight is 350 g/mol. The first-order chi connectivity index (χ1) is 12.4. The second-order valence-electron chi connectivity index (χ2n) is 6.94. The van der Waals surface area contributed by atoms with Crippen molar-refractivity contribution in [2.75, 3.05) is 10.6 Å². The molecule has 0 unspecified atom stereocenters. The molecular weight excluding hydrogens is 328 g/mol. The number of hydrogen-bond donors (Lipinski definition) is 3. The highest BCUT2D eigenvalue weighted by atomic mass is 16.5. The number of amides is 2. The molecular formula is C20H22N4O2. The lowest BCUT2D eigenvalue weighted by atomic mass is 9.92. The van der Waals surface area contributed by atoms with Gasteiger partial charge in [-0.2, -0.15) is 5.10 Å². The Morgan fingerprint density at radius 3 is 2.23 bits per heavy atom. The van der Waals surface area contributed by atoms with Gasteiger partial charge < -0.3 is 10.1 Å². The molecule has 0 saturated heterocycles. The third-order valence-electron chi connectivity index (χ3n) is 3.72. The molecule has 1 aromatic heterocycles. The number of rotatable bonds is 4. The molecule has 0 radical (unpaired) electrons. The maximum Gasteiger partial charge on any atom is 0.324 e. The quantitative estimate of drug-likeness (QED) is 0.609. The van der Waals surface area contributed by atoms with Crippen LogP contribution < -0.4 is 15.4 Å². The molecule has 0 bridgehead atoms. The summed E-state index contributed by atoms with van der Waals surface area (Å²) in [6.45, 7) is 6.22. The van der Waals surface area contributed by atoms with Crippen LogP contribution in [-0.2, 0) is 5.41 Å². The molecule has 0 aliphatic heterocycles. The predicted molar refractivity (Wildman–Crippen MR) is 103 cm³/mol. The number of carbonyl (C=O) groups excluding carboxylic acids is 1. The third-order valence-corrected chi connectivity index (χ3v) is 3.72. The number of urea groups is 1. The van der Waals surface area contributed by atoms with E-state index in [2.05, 4.69) is 41.6 Å². The number of hydrogen-bond acceptors (Lipinski definition) is 3. The number of carbonyl (C=O) groups is 1. The molecule has 0 atom stereocenters. The molecule has 134 valence electrons. The number of aromatic amines is 1. The molecule has 6 nitrogen and oxygen atoms in total. The number of ether oxygens (including phenoxy) is 1. The maximum absolute atomic E-state index is 12.1. The van der Waals surface area contributed by atoms with Gasteiger partial charge in [-0.15, -0.1) is 0 Å². The summed E-state index contributed by atoms with van der Waals surface area (Å²) in [4.78, 5) is 12.1. The molecule has 1 heterocycles. The number of nitrogens with one attached hydrogen (secondary N) is 3. The van der Waals surface area contributed by atoms with Gasteiger partial charge in [0.15, 0.2) is 5.82 Å². The fourth-order valence-electron chi connectivity index (χ4n) is 2.28. The van der Waals surface area contributed by atoms with Gasteiger partial charge in [-0.1, -0.05) is 39.0 Å². The second kappa shape index (κ2) is 7.31. The van der Waals surface area contributed by atoms with Crippen LogP contribution in [0, 0.1) is 0 Å². The highest BCUT2D eigenvalue weighted by molar-refractivity contribution is 5.99. The summed E-state index contributed by atoms with van der Waals surface area (Å²) in [5.74, 6) is 1.94. The lowest BCUT2D eigenvalue weighted by Crippen LogP contribution is -2.19. The fraction of sp³-hybridized carbons (Fsp3) is 0.200. The van der Waals surface area contributed by atoms with Gasteiger partial charge in [-0.3, -0.25) is 10.4 Å². The van der Waals surface area contributed by atoms with Crippen LogP contribution in [0.1, 0.15) is 26.5 Å². The first kappa shape index (κ1) is 17.5. The molecule has 3 N–H and O–H groups in total. The van der Waals surface area contributed by atoms with E-state index in [-0.39, 0.29) is 11.4 Å². The first-order valence-corrected chi connectivity index (χ1v) is 8.37. The van der Waals surface area contributed by atoms with Crippen molar-refractivity contribution in [3.05, 3.63) is 66.4 Å². The van der Waals surface area contributed by atoms with E-state index in [0.717, 1.165) is 11.4 Å². The SMILES string of the molecule is CC(C)(C)c1cc(NC(=O)Nc2ccc(Oc3ccccc3)cc2)n[nH]1. The Kier molecular flexibility index (Phi) is 4.93. The Morgan fingerprint density at radius 2 is 1.62 bits per heavy atom. The summed E-state index contributed by atoms with van der Waals surface area (Å²) >= 11 is 0. The summed E-state index contributed by atoms with van der Waals surface area (Å²) in [6, 6.07) is 18.2. The average Bonchev–Trinajstić information content (AvgIpc) is 3.06. The Morgan fingerprint density at radius 1 is 0.962 bits per heavy atom. The van der Waals surface area contributed by atoms with Crippen molar-refractivity contribution in [2.45, 2.75) is 26.2 Å². The standard InChI is InChI=1S/C20H22N4O2/c1-20(2,3)17-13-18(24-23-17)22-19(25)21-14-9-11-16(12-10-14)26-15-7-5-4-6-8-15/h4-13H,1-3H3,(H3,21,22,23,24,25). The molecule has 0 fully saturated rings. The van der Waals surface area contributed by atoms with E-state index < -0.39 is 0 Å². The third kappa shape index (κ3) is 4.63. The number of nitrogens with zero attached hydrogens (tertiary/aromatic N) is 1. The van der Waals surface area contributed by atoms with Crippen LogP contribution >= 0.6 is 0 Å². The van der Waals surface area contributed by atoms with E-state index in [1.165, 1.54) is 0 Å². The molecule has 2 amide bonds. The highest BCUT2D eigenvalue weighted by Crippen LogP contribution is 2.23. The smallest absolute Gasteiger partial charge is 0.324 e. The Hall–Kier alpha value is -3.28. The predicted octanol–water partition coefficient (Wildman–Crippen LogP) is 5.14. The maximum atomic E-state index is 12.1. The zero-order valence-corrected chi connectivity index (χ0v) is 15.0. The van der Waals surface area contributed by atoms with Crippen LogP contribution in [0.2, 0.25) is 0 Å². The number of para-hydroxylation sites is 1. The molecule has 26 heavy (non-hydrogen) atoms. The first-order valence-electron chi connectivity index (χ1n) is 8.37. The molecule has 3 aromatic rings. The van der Waals surface area contributed by atoms with Gasteiger partial charge in [0.25, 0.3) is 0 Å². The number of anilines is 2. The normalized spacial score (nSPS) is 11.0. The minimum Gasteiger partial charge on any atom is -0.457 e. The van der Waals surface area contributed by atoms with E-state index in [1.54, 1.807) is 24.3 Å². The van der Waals surface area contributed by atoms with Crippen molar-refractivity contribution in [2.24, 2.45) is 0 Å². The van der Waals surface area contributed by atoms with E-state index in [1.807, 2.05) is 36.4 Å². The van der Waals surface area contributed by atoms with Crippen molar-refractivity contribution in [1.82, 2.24) is 10.2 Å². The van der Waals surface area contributed by atoms with Crippen molar-refractivity contribution < 1.29 is 9.53 Å². The topological polar surface area (TPSA) is 79.0 Å². The summed E-state index contributed by atoms with van der Waals surface area (Å²) < 4.78 is 5.73. The van der Waals surface area contributed by atoms with Gasteiger partial charge >= 0.3 is 6.03 Å². The zero-order chi connectivity index (χ0) is 18.6. The van der Waals surface area contributed by atoms with Crippen LogP contribution in [0.5, 0.6) is 11.5 Å². The summed E-state index contributed by atoms with van der Waals surface area (Å²) in [6.07, 6.45) is 0. The van der Waals surface area contributed by atoms with Gasteiger partial charge in [0.1, 0.15) is 11.5 Å². The fourth-order valence-corrected chi connectivity index (χ4v) is 2.28. The molecule has 3 rings (SSSR count). The Balaban J connectivity index is 1.57. The minimum atomic E-state index is -0.353. The number of benzene rings is 2. The molecule has 0 spiro atoms. The van der Waals surface area contributed by atoms with Crippen molar-refractivity contribution in [3.8, 4) is 11.5 Å². The van der Waals surface area contributed by atoms with E-state index in [4.69, 9.17) is 4.74 Å². The monoisotopic (exact) mass is 350 g/mol. The van der Waals surface area contributed by atoms with E-state index >= 15 is 0 Å². The Labute approximate surface area is 152 Å². The van der Waals surface area contributed by atoms with Crippen molar-refractivity contribution >= 4 is 17.5 Å². The van der Waals surface area contributed by atoms with Crippen LogP contribution in [-0.4, -0.2) is 16.2 Å². The highest BCUT2D eigenvalue weighted by Gasteiger charge is 2.17. The lowest BCUT2D eigenvalue weighted by Gasteiger charge is -2.14. The number of aromatic nitrogens is 2. The van der Waals surface area contributed by atoms with Crippen LogP contribution in [0.25, 0.3) is 0 Å². The largest absolute Gasteiger partial charge is 0.457 e. The van der Waals surface area contributed by atoms with Gasteiger partial charge in [-0.25, -0.2) is 4.79 Å². The van der Waals surface area contributed by atoms with E-state index in [0.29, 0.717) is 17.3 Å². The van der Waals surface area contributed by atoms with Gasteiger partial charge in [0, 0.05) is 22.9 Å². The lowest BCUT2D eigenvalue weighted by molar-refractivity contribution is 0.262. The van der Waals surface area contributed by atoms with Crippen LogP contribution in [0.3, 0.4) is 0 Å². The zero-order valence-electron chi connectivity index (χ0n) is 15.0. The van der Waals surface area contributed by atoms with Gasteiger partial charge in [-0.05, 0) is 36.4 Å². The van der Waals surface area contributed by atoms with Crippen LogP contribution in [0.15, 0.2) is 60.7 Å². The molecule has 0 aliphatic carbocycles. The Bertz CT molecular complexity index is 865. The molecule has 6 heteroatoms. The van der Waals surface area contributed by atoms with Gasteiger partial charge in [0.05, 0.1) is 0 Å². The molecule has 2 aromatic carbocycles. The number of H-pyrrole nitrogens is 1. The second-order valence-corrected chi connectivity index (χ2v) is 6.94. The summed E-state index contributed by atoms with van der Waals surface area (Å²) in [5, 5.41) is 12.5. The van der Waals surface area contributed by atoms with Gasteiger partial charge in [0.2, 0.25) is 0 Å². The van der Waals surface area contributed by atoms with Crippen molar-refractivity contribution in [1.29, 1.82) is 0 Å². The van der Waals surface area contributed by atoms with E-state index in [9.17, 15) is 4.79 Å². The molecule has 0 aliphatic rings. The molecule has 0 saturated carbocycles. The minimum absolute atomic E-state index is 0.0575.